The third-order valence-corrected chi connectivity index (χ3v) is 1.47. The first-order valence-corrected chi connectivity index (χ1v) is 4.21. The Balaban J connectivity index is 4.22. The third kappa shape index (κ3) is 6.19. The van der Waals surface area contributed by atoms with E-state index >= 15 is 0 Å². The monoisotopic (exact) mass is 202 g/mol. The lowest BCUT2D eigenvalue weighted by Crippen LogP contribution is -2.07. The first-order chi connectivity index (χ1) is 6.43. The average Bonchev–Trinajstić information content (AvgIpc) is 2.02. The van der Waals surface area contributed by atoms with Crippen LogP contribution in [0.25, 0.3) is 0 Å². The summed E-state index contributed by atoms with van der Waals surface area (Å²) in [4.78, 5) is 21.0. The van der Waals surface area contributed by atoms with Crippen LogP contribution in [0, 0.1) is 0 Å². The molecule has 0 spiro atoms. The van der Waals surface area contributed by atoms with E-state index in [1.807, 2.05) is 0 Å². The molecule has 5 heteroatoms. The van der Waals surface area contributed by atoms with Crippen LogP contribution in [0.2, 0.25) is 0 Å². The smallest absolute Gasteiger partial charge is 0.334 e. The van der Waals surface area contributed by atoms with Crippen LogP contribution < -0.4 is 0 Å². The van der Waals surface area contributed by atoms with Crippen LogP contribution in [0.4, 0.5) is 0 Å². The van der Waals surface area contributed by atoms with Gasteiger partial charge in [0.15, 0.2) is 0 Å². The number of aliphatic hydroxyl groups is 1. The number of hydrogen-bond donors (Lipinski definition) is 2. The van der Waals surface area contributed by atoms with Gasteiger partial charge in [0, 0.05) is 6.92 Å². The van der Waals surface area contributed by atoms with E-state index in [2.05, 4.69) is 4.74 Å². The van der Waals surface area contributed by atoms with Crippen LogP contribution in [0.5, 0.6) is 0 Å². The quantitative estimate of drug-likeness (QED) is 0.389. The van der Waals surface area contributed by atoms with Gasteiger partial charge in [0.2, 0.25) is 0 Å². The van der Waals surface area contributed by atoms with Gasteiger partial charge in [0.25, 0.3) is 0 Å². The lowest BCUT2D eigenvalue weighted by Gasteiger charge is -2.04. The first kappa shape index (κ1) is 12.6. The molecule has 0 aromatic carbocycles. The van der Waals surface area contributed by atoms with Crippen LogP contribution in [-0.2, 0) is 14.3 Å². The van der Waals surface area contributed by atoms with Crippen LogP contribution in [-0.4, -0.2) is 28.3 Å². The molecule has 0 rings (SSSR count). The van der Waals surface area contributed by atoms with Crippen LogP contribution in [0.3, 0.4) is 0 Å². The minimum Gasteiger partial charge on any atom is -0.478 e. The highest BCUT2D eigenvalue weighted by Gasteiger charge is 2.09. The lowest BCUT2D eigenvalue weighted by atomic mass is 10.1. The zero-order chi connectivity index (χ0) is 11.1. The molecule has 0 heterocycles. The minimum absolute atomic E-state index is 0.0268. The number of esters is 1. The van der Waals surface area contributed by atoms with Crippen molar-refractivity contribution in [3.8, 4) is 0 Å². The molecule has 0 saturated carbocycles. The summed E-state index contributed by atoms with van der Waals surface area (Å²) in [5, 5.41) is 17.6. The molecule has 1 unspecified atom stereocenters. The van der Waals surface area contributed by atoms with Crippen molar-refractivity contribution in [2.75, 3.05) is 0 Å². The molecule has 0 radical (unpaired) electrons. The van der Waals surface area contributed by atoms with Crippen LogP contribution in [0.15, 0.2) is 11.8 Å². The molecule has 14 heavy (non-hydrogen) atoms. The second-order valence-corrected chi connectivity index (χ2v) is 2.95. The molecule has 0 aliphatic rings. The van der Waals surface area contributed by atoms with Crippen LogP contribution in [0.1, 0.15) is 26.7 Å². The van der Waals surface area contributed by atoms with Crippen molar-refractivity contribution in [3.63, 3.8) is 0 Å². The van der Waals surface area contributed by atoms with Crippen molar-refractivity contribution in [1.82, 2.24) is 0 Å². The largest absolute Gasteiger partial charge is 0.478 e. The fraction of sp³-hybridized carbons (Fsp3) is 0.556. The molecule has 0 amide bonds. The summed E-state index contributed by atoms with van der Waals surface area (Å²) in [6.07, 6.45) is 0.822. The summed E-state index contributed by atoms with van der Waals surface area (Å²) in [6, 6.07) is 0. The molecule has 0 aromatic rings. The Morgan fingerprint density at radius 3 is 2.43 bits per heavy atom. The Hall–Kier alpha value is -1.36. The summed E-state index contributed by atoms with van der Waals surface area (Å²) in [6.45, 7) is 2.75. The Kier molecular flexibility index (Phi) is 5.55. The van der Waals surface area contributed by atoms with Gasteiger partial charge in [-0.3, -0.25) is 4.79 Å². The second-order valence-electron chi connectivity index (χ2n) is 2.95. The van der Waals surface area contributed by atoms with Gasteiger partial charge < -0.3 is 14.9 Å². The van der Waals surface area contributed by atoms with E-state index in [1.165, 1.54) is 6.92 Å². The SMILES string of the molecule is CC(=O)OC=C(CCC(C)O)C(=O)O. The van der Waals surface area contributed by atoms with Crippen molar-refractivity contribution in [2.45, 2.75) is 32.8 Å². The molecule has 1 atom stereocenters. The maximum Gasteiger partial charge on any atom is 0.334 e. The fourth-order valence-corrected chi connectivity index (χ4v) is 0.735. The molecule has 80 valence electrons. The van der Waals surface area contributed by atoms with Crippen molar-refractivity contribution in [1.29, 1.82) is 0 Å². The Morgan fingerprint density at radius 1 is 1.50 bits per heavy atom. The fourth-order valence-electron chi connectivity index (χ4n) is 0.735. The number of rotatable bonds is 5. The normalized spacial score (nSPS) is 13.5. The number of aliphatic hydroxyl groups excluding tert-OH is 1. The molecule has 0 aromatic heterocycles. The van der Waals surface area contributed by atoms with Crippen molar-refractivity contribution in [3.05, 3.63) is 11.8 Å². The molecular weight excluding hydrogens is 188 g/mol. The Labute approximate surface area is 82.0 Å². The van der Waals surface area contributed by atoms with Crippen molar-refractivity contribution < 1.29 is 24.5 Å². The van der Waals surface area contributed by atoms with E-state index in [0.717, 1.165) is 6.26 Å². The predicted molar refractivity (Wildman–Crippen MR) is 48.4 cm³/mol. The van der Waals surface area contributed by atoms with E-state index in [0.29, 0.717) is 6.42 Å². The zero-order valence-electron chi connectivity index (χ0n) is 8.19. The average molecular weight is 202 g/mol. The standard InChI is InChI=1S/C9H14O5/c1-6(10)3-4-8(9(12)13)5-14-7(2)11/h5-6,10H,3-4H2,1-2H3,(H,12,13). The highest BCUT2D eigenvalue weighted by Crippen LogP contribution is 2.08. The van der Waals surface area contributed by atoms with Gasteiger partial charge in [-0.25, -0.2) is 4.79 Å². The number of carboxylic acids is 1. The highest BCUT2D eigenvalue weighted by molar-refractivity contribution is 5.86. The molecule has 0 aliphatic heterocycles. The lowest BCUT2D eigenvalue weighted by molar-refractivity contribution is -0.135. The van der Waals surface area contributed by atoms with Gasteiger partial charge in [0.1, 0.15) is 6.26 Å². The molecule has 2 N–H and O–H groups in total. The number of carbonyl (C=O) groups excluding carboxylic acids is 1. The second kappa shape index (κ2) is 6.15. The van der Waals surface area contributed by atoms with Crippen molar-refractivity contribution >= 4 is 11.9 Å². The van der Waals surface area contributed by atoms with E-state index in [9.17, 15) is 9.59 Å². The highest BCUT2D eigenvalue weighted by atomic mass is 16.5. The van der Waals surface area contributed by atoms with Gasteiger partial charge in [0.05, 0.1) is 11.7 Å². The van der Waals surface area contributed by atoms with E-state index in [4.69, 9.17) is 10.2 Å². The van der Waals surface area contributed by atoms with E-state index < -0.39 is 18.0 Å². The number of hydrogen-bond acceptors (Lipinski definition) is 4. The van der Waals surface area contributed by atoms with Gasteiger partial charge in [-0.05, 0) is 19.8 Å². The van der Waals surface area contributed by atoms with Gasteiger partial charge in [-0.1, -0.05) is 0 Å². The van der Waals surface area contributed by atoms with E-state index in [1.54, 1.807) is 6.92 Å². The summed E-state index contributed by atoms with van der Waals surface area (Å²) in [7, 11) is 0. The predicted octanol–water partition coefficient (Wildman–Crippen LogP) is 0.679. The number of carboxylic acid groups (broad SMARTS) is 1. The van der Waals surface area contributed by atoms with E-state index in [-0.39, 0.29) is 12.0 Å². The van der Waals surface area contributed by atoms with Gasteiger partial charge >= 0.3 is 11.9 Å². The molecular formula is C9H14O5. The Bertz CT molecular complexity index is 242. The number of carbonyl (C=O) groups is 2. The maximum absolute atomic E-state index is 10.6. The molecule has 0 saturated heterocycles. The number of ether oxygens (including phenoxy) is 1. The molecule has 0 bridgehead atoms. The summed E-state index contributed by atoms with van der Waals surface area (Å²) < 4.78 is 4.43. The molecule has 5 nitrogen and oxygen atoms in total. The summed E-state index contributed by atoms with van der Waals surface area (Å²) >= 11 is 0. The minimum atomic E-state index is -1.15. The third-order valence-electron chi connectivity index (χ3n) is 1.47. The van der Waals surface area contributed by atoms with Crippen LogP contribution >= 0.6 is 0 Å². The number of aliphatic carboxylic acids is 1. The summed E-state index contributed by atoms with van der Waals surface area (Å²) in [5.41, 5.74) is -0.0268. The van der Waals surface area contributed by atoms with Gasteiger partial charge in [-0.15, -0.1) is 0 Å². The Morgan fingerprint density at radius 2 is 2.07 bits per heavy atom. The summed E-state index contributed by atoms with van der Waals surface area (Å²) in [5.74, 6) is -1.72. The topological polar surface area (TPSA) is 83.8 Å². The zero-order valence-corrected chi connectivity index (χ0v) is 8.19. The van der Waals surface area contributed by atoms with Gasteiger partial charge in [-0.2, -0.15) is 0 Å². The molecule has 0 fully saturated rings. The maximum atomic E-state index is 10.6. The first-order valence-electron chi connectivity index (χ1n) is 4.21. The van der Waals surface area contributed by atoms with Crippen molar-refractivity contribution in [2.24, 2.45) is 0 Å². The molecule has 0 aliphatic carbocycles.